The van der Waals surface area contributed by atoms with Crippen molar-refractivity contribution in [1.29, 1.82) is 5.26 Å². The number of amides is 3. The number of benzene rings is 3. The molecule has 3 aromatic carbocycles. The van der Waals surface area contributed by atoms with Gasteiger partial charge in [-0.3, -0.25) is 4.79 Å². The Kier molecular flexibility index (Phi) is 7.76. The van der Waals surface area contributed by atoms with Crippen LogP contribution in [0.15, 0.2) is 72.8 Å². The summed E-state index contributed by atoms with van der Waals surface area (Å²) in [6.45, 7) is 0.272. The van der Waals surface area contributed by atoms with Crippen LogP contribution in [0.4, 0.5) is 14.9 Å². The first kappa shape index (κ1) is 22.3. The molecule has 3 aromatic rings. The van der Waals surface area contributed by atoms with E-state index in [1.54, 1.807) is 54.6 Å². The summed E-state index contributed by atoms with van der Waals surface area (Å²) in [5, 5.41) is 16.7. The van der Waals surface area contributed by atoms with Crippen molar-refractivity contribution in [1.82, 2.24) is 10.6 Å². The summed E-state index contributed by atoms with van der Waals surface area (Å²) >= 11 is 0. The summed E-state index contributed by atoms with van der Waals surface area (Å²) in [4.78, 5) is 24.0. The van der Waals surface area contributed by atoms with E-state index in [-0.39, 0.29) is 25.5 Å². The summed E-state index contributed by atoms with van der Waals surface area (Å²) in [7, 11) is 0. The molecule has 0 radical (unpaired) electrons. The molecule has 0 heterocycles. The summed E-state index contributed by atoms with van der Waals surface area (Å²) in [6, 6.07) is 21.3. The van der Waals surface area contributed by atoms with Crippen LogP contribution in [0.25, 0.3) is 0 Å². The molecule has 8 heteroatoms. The fraction of sp³-hybridized carbons (Fsp3) is 0.125. The molecule has 0 unspecified atom stereocenters. The maximum absolute atomic E-state index is 12.9. The number of nitriles is 1. The van der Waals surface area contributed by atoms with Gasteiger partial charge >= 0.3 is 6.03 Å². The molecule has 0 spiro atoms. The molecule has 32 heavy (non-hydrogen) atoms. The van der Waals surface area contributed by atoms with Crippen LogP contribution in [0.5, 0.6) is 5.75 Å². The highest BCUT2D eigenvalue weighted by Crippen LogP contribution is 2.19. The van der Waals surface area contributed by atoms with Crippen LogP contribution in [-0.2, 0) is 17.9 Å². The minimum absolute atomic E-state index is 0.213. The Morgan fingerprint density at radius 1 is 0.938 bits per heavy atom. The molecule has 7 nitrogen and oxygen atoms in total. The Morgan fingerprint density at radius 2 is 1.72 bits per heavy atom. The third-order valence-electron chi connectivity index (χ3n) is 4.36. The maximum atomic E-state index is 12.9. The average molecular weight is 432 g/mol. The lowest BCUT2D eigenvalue weighted by atomic mass is 10.1. The van der Waals surface area contributed by atoms with Gasteiger partial charge in [0.25, 0.3) is 0 Å². The molecule has 0 saturated carbocycles. The molecule has 3 rings (SSSR count). The second kappa shape index (κ2) is 11.1. The Bertz CT molecular complexity index is 1130. The monoisotopic (exact) mass is 432 g/mol. The van der Waals surface area contributed by atoms with E-state index in [1.807, 2.05) is 6.07 Å². The van der Waals surface area contributed by atoms with Crippen molar-refractivity contribution >= 4 is 17.6 Å². The van der Waals surface area contributed by atoms with Crippen LogP contribution < -0.4 is 20.7 Å². The fourth-order valence-electron chi connectivity index (χ4n) is 2.77. The number of nitrogens with zero attached hydrogens (tertiary/aromatic N) is 1. The lowest BCUT2D eigenvalue weighted by Crippen LogP contribution is -2.39. The Hall–Kier alpha value is -4.38. The van der Waals surface area contributed by atoms with Crippen molar-refractivity contribution in [2.45, 2.75) is 13.2 Å². The number of rotatable bonds is 8. The topological polar surface area (TPSA) is 103 Å². The lowest BCUT2D eigenvalue weighted by Gasteiger charge is -2.11. The molecule has 0 aliphatic heterocycles. The smallest absolute Gasteiger partial charge is 0.315 e. The highest BCUT2D eigenvalue weighted by molar-refractivity contribution is 5.94. The number of hydrogen-bond donors (Lipinski definition) is 3. The molecule has 3 amide bonds. The number of urea groups is 1. The van der Waals surface area contributed by atoms with E-state index < -0.39 is 11.9 Å². The van der Waals surface area contributed by atoms with Crippen molar-refractivity contribution < 1.29 is 18.7 Å². The quantitative estimate of drug-likeness (QED) is 0.505. The van der Waals surface area contributed by atoms with Crippen LogP contribution in [0.1, 0.15) is 16.7 Å². The van der Waals surface area contributed by atoms with Crippen LogP contribution in [-0.4, -0.2) is 18.5 Å². The molecule has 162 valence electrons. The SMILES string of the molecule is N#Cc1cccc(COc2cccc(NC(=O)CNC(=O)NCc3ccc(F)cc3)c2)c1. The predicted octanol–water partition coefficient (Wildman–Crippen LogP) is 3.71. The van der Waals surface area contributed by atoms with Gasteiger partial charge in [0, 0.05) is 18.3 Å². The maximum Gasteiger partial charge on any atom is 0.315 e. The Morgan fingerprint density at radius 3 is 2.50 bits per heavy atom. The largest absolute Gasteiger partial charge is 0.489 e. The number of ether oxygens (including phenoxy) is 1. The molecule has 0 saturated heterocycles. The van der Waals surface area contributed by atoms with Crippen molar-refractivity contribution in [3.63, 3.8) is 0 Å². The zero-order chi connectivity index (χ0) is 22.8. The summed E-state index contributed by atoms with van der Waals surface area (Å²) < 4.78 is 18.6. The summed E-state index contributed by atoms with van der Waals surface area (Å²) in [6.07, 6.45) is 0. The molecule has 0 aliphatic rings. The summed E-state index contributed by atoms with van der Waals surface area (Å²) in [5.41, 5.74) is 2.67. The first-order valence-electron chi connectivity index (χ1n) is 9.80. The number of carbonyl (C=O) groups excluding carboxylic acids is 2. The minimum atomic E-state index is -0.513. The normalized spacial score (nSPS) is 10.0. The number of halogens is 1. The number of carbonyl (C=O) groups is 2. The highest BCUT2D eigenvalue weighted by atomic mass is 19.1. The molecule has 0 fully saturated rings. The molecule has 0 aliphatic carbocycles. The van der Waals surface area contributed by atoms with Crippen molar-refractivity contribution in [3.05, 3.63) is 95.3 Å². The fourth-order valence-corrected chi connectivity index (χ4v) is 2.77. The van der Waals surface area contributed by atoms with E-state index in [2.05, 4.69) is 22.0 Å². The van der Waals surface area contributed by atoms with Gasteiger partial charge in [-0.05, 0) is 47.5 Å². The lowest BCUT2D eigenvalue weighted by molar-refractivity contribution is -0.115. The van der Waals surface area contributed by atoms with Gasteiger partial charge in [0.1, 0.15) is 18.2 Å². The van der Waals surface area contributed by atoms with Crippen molar-refractivity contribution in [2.24, 2.45) is 0 Å². The minimum Gasteiger partial charge on any atom is -0.489 e. The zero-order valence-corrected chi connectivity index (χ0v) is 17.1. The van der Waals surface area contributed by atoms with Gasteiger partial charge in [-0.2, -0.15) is 5.26 Å². The van der Waals surface area contributed by atoms with E-state index >= 15 is 0 Å². The van der Waals surface area contributed by atoms with Gasteiger partial charge in [-0.1, -0.05) is 30.3 Å². The molecular weight excluding hydrogens is 411 g/mol. The Balaban J connectivity index is 1.43. The molecule has 0 aromatic heterocycles. The molecule has 0 bridgehead atoms. The number of nitrogens with one attached hydrogen (secondary N) is 3. The van der Waals surface area contributed by atoms with Gasteiger partial charge in [0.15, 0.2) is 0 Å². The van der Waals surface area contributed by atoms with Gasteiger partial charge in [0.05, 0.1) is 18.2 Å². The van der Waals surface area contributed by atoms with Gasteiger partial charge in [-0.25, -0.2) is 9.18 Å². The molecular formula is C24H21FN4O3. The van der Waals surface area contributed by atoms with Gasteiger partial charge in [-0.15, -0.1) is 0 Å². The second-order valence-corrected chi connectivity index (χ2v) is 6.84. The van der Waals surface area contributed by atoms with Crippen LogP contribution in [0.2, 0.25) is 0 Å². The summed E-state index contributed by atoms with van der Waals surface area (Å²) in [5.74, 6) is -0.200. The first-order valence-corrected chi connectivity index (χ1v) is 9.80. The number of hydrogen-bond acceptors (Lipinski definition) is 4. The first-order chi connectivity index (χ1) is 15.5. The van der Waals surface area contributed by atoms with Crippen LogP contribution in [0.3, 0.4) is 0 Å². The van der Waals surface area contributed by atoms with Crippen molar-refractivity contribution in [3.8, 4) is 11.8 Å². The van der Waals surface area contributed by atoms with Crippen LogP contribution in [0, 0.1) is 17.1 Å². The van der Waals surface area contributed by atoms with Crippen LogP contribution >= 0.6 is 0 Å². The van der Waals surface area contributed by atoms with E-state index in [9.17, 15) is 14.0 Å². The highest BCUT2D eigenvalue weighted by Gasteiger charge is 2.07. The Labute approximate surface area is 184 Å². The van der Waals surface area contributed by atoms with Gasteiger partial charge < -0.3 is 20.7 Å². The van der Waals surface area contributed by atoms with E-state index in [0.717, 1.165) is 11.1 Å². The molecule has 3 N–H and O–H groups in total. The zero-order valence-electron chi connectivity index (χ0n) is 17.1. The van der Waals surface area contributed by atoms with E-state index in [0.29, 0.717) is 17.0 Å². The third kappa shape index (κ3) is 7.15. The third-order valence-corrected chi connectivity index (χ3v) is 4.36. The predicted molar refractivity (Wildman–Crippen MR) is 117 cm³/mol. The van der Waals surface area contributed by atoms with E-state index in [1.165, 1.54) is 12.1 Å². The van der Waals surface area contributed by atoms with Gasteiger partial charge in [0.2, 0.25) is 5.91 Å². The second-order valence-electron chi connectivity index (χ2n) is 6.84. The average Bonchev–Trinajstić information content (AvgIpc) is 2.81. The standard InChI is InChI=1S/C24H21FN4O3/c25-20-9-7-17(8-10-20)14-27-24(31)28-15-23(30)29-21-5-2-6-22(12-21)32-16-19-4-1-3-18(11-19)13-26/h1-12H,14-16H2,(H,29,30)(H2,27,28,31). The number of anilines is 1. The van der Waals surface area contributed by atoms with E-state index in [4.69, 9.17) is 10.00 Å². The molecule has 0 atom stereocenters. The van der Waals surface area contributed by atoms with Crippen molar-refractivity contribution in [2.75, 3.05) is 11.9 Å².